The van der Waals surface area contributed by atoms with Crippen molar-refractivity contribution in [3.05, 3.63) is 65.2 Å². The predicted molar refractivity (Wildman–Crippen MR) is 134 cm³/mol. The van der Waals surface area contributed by atoms with E-state index in [1.165, 1.54) is 5.56 Å². The maximum absolute atomic E-state index is 13.2. The lowest BCUT2D eigenvalue weighted by atomic mass is 9.90. The molecule has 0 spiro atoms. The van der Waals surface area contributed by atoms with Gasteiger partial charge in [0.15, 0.2) is 6.61 Å². The summed E-state index contributed by atoms with van der Waals surface area (Å²) in [6, 6.07) is 15.1. The minimum absolute atomic E-state index is 0.00493. The van der Waals surface area contributed by atoms with Gasteiger partial charge in [0.2, 0.25) is 11.8 Å². The standard InChI is InChI=1S/C28H35N3O4/c1-3-24(23-12-6-7-13-26(23)35-19-28(34)30-15-8-9-16-30)29-27(33)18-25-22-11-5-4-10-21(22)14-17-31(25)20(2)32/h4-7,10-13,24-25H,3,8-9,14-19H2,1-2H3,(H,29,33). The molecule has 186 valence electrons. The van der Waals surface area contributed by atoms with E-state index < -0.39 is 0 Å². The molecule has 2 aliphatic rings. The Morgan fingerprint density at radius 3 is 2.49 bits per heavy atom. The molecular formula is C28H35N3O4. The number of rotatable bonds is 8. The van der Waals surface area contributed by atoms with Gasteiger partial charge in [0, 0.05) is 32.1 Å². The molecule has 0 aromatic heterocycles. The molecule has 1 saturated heterocycles. The molecule has 2 unspecified atom stereocenters. The topological polar surface area (TPSA) is 79.0 Å². The Kier molecular flexibility index (Phi) is 8.06. The first-order valence-electron chi connectivity index (χ1n) is 12.6. The number of benzene rings is 2. The van der Waals surface area contributed by atoms with E-state index in [1.54, 1.807) is 11.8 Å². The number of nitrogens with one attached hydrogen (secondary N) is 1. The maximum Gasteiger partial charge on any atom is 0.260 e. The van der Waals surface area contributed by atoms with Gasteiger partial charge in [0.05, 0.1) is 18.5 Å². The van der Waals surface area contributed by atoms with Crippen LogP contribution in [0.1, 0.15) is 68.3 Å². The van der Waals surface area contributed by atoms with Crippen LogP contribution in [0.3, 0.4) is 0 Å². The molecule has 4 rings (SSSR count). The highest BCUT2D eigenvalue weighted by Crippen LogP contribution is 2.33. The molecule has 2 heterocycles. The number of fused-ring (bicyclic) bond motifs is 1. The van der Waals surface area contributed by atoms with Gasteiger partial charge in [-0.15, -0.1) is 0 Å². The van der Waals surface area contributed by atoms with Crippen LogP contribution in [0.4, 0.5) is 0 Å². The summed E-state index contributed by atoms with van der Waals surface area (Å²) in [6.45, 7) is 5.76. The van der Waals surface area contributed by atoms with Crippen LogP contribution in [-0.2, 0) is 20.8 Å². The molecule has 2 aromatic rings. The van der Waals surface area contributed by atoms with Crippen LogP contribution in [0.5, 0.6) is 5.75 Å². The number of ether oxygens (including phenoxy) is 1. The van der Waals surface area contributed by atoms with E-state index in [1.807, 2.05) is 54.3 Å². The van der Waals surface area contributed by atoms with Crippen molar-refractivity contribution in [3.63, 3.8) is 0 Å². The summed E-state index contributed by atoms with van der Waals surface area (Å²) in [7, 11) is 0. The fourth-order valence-corrected chi connectivity index (χ4v) is 5.17. The molecular weight excluding hydrogens is 442 g/mol. The minimum atomic E-state index is -0.278. The van der Waals surface area contributed by atoms with Gasteiger partial charge < -0.3 is 19.9 Å². The second-order valence-corrected chi connectivity index (χ2v) is 9.32. The molecule has 0 saturated carbocycles. The fourth-order valence-electron chi connectivity index (χ4n) is 5.17. The number of carbonyl (C=O) groups excluding carboxylic acids is 3. The van der Waals surface area contributed by atoms with E-state index in [2.05, 4.69) is 11.4 Å². The van der Waals surface area contributed by atoms with Gasteiger partial charge in [-0.2, -0.15) is 0 Å². The van der Waals surface area contributed by atoms with E-state index in [9.17, 15) is 14.4 Å². The molecule has 35 heavy (non-hydrogen) atoms. The average molecular weight is 478 g/mol. The van der Waals surface area contributed by atoms with Crippen molar-refractivity contribution in [2.75, 3.05) is 26.2 Å². The van der Waals surface area contributed by atoms with Gasteiger partial charge in [0.25, 0.3) is 5.91 Å². The van der Waals surface area contributed by atoms with Gasteiger partial charge in [-0.3, -0.25) is 14.4 Å². The van der Waals surface area contributed by atoms with Gasteiger partial charge >= 0.3 is 0 Å². The predicted octanol–water partition coefficient (Wildman–Crippen LogP) is 3.79. The molecule has 7 heteroatoms. The number of hydrogen-bond acceptors (Lipinski definition) is 4. The first-order chi connectivity index (χ1) is 17.0. The summed E-state index contributed by atoms with van der Waals surface area (Å²) in [5, 5.41) is 3.15. The molecule has 2 aromatic carbocycles. The lowest BCUT2D eigenvalue weighted by molar-refractivity contribution is -0.134. The lowest BCUT2D eigenvalue weighted by Gasteiger charge is -2.36. The summed E-state index contributed by atoms with van der Waals surface area (Å²) >= 11 is 0. The third kappa shape index (κ3) is 5.84. The summed E-state index contributed by atoms with van der Waals surface area (Å²) in [6.07, 6.45) is 3.75. The number of hydrogen-bond donors (Lipinski definition) is 1. The zero-order valence-electron chi connectivity index (χ0n) is 20.7. The Morgan fingerprint density at radius 2 is 1.74 bits per heavy atom. The highest BCUT2D eigenvalue weighted by Gasteiger charge is 2.31. The largest absolute Gasteiger partial charge is 0.483 e. The van der Waals surface area contributed by atoms with Crippen LogP contribution in [0.2, 0.25) is 0 Å². The van der Waals surface area contributed by atoms with E-state index in [-0.39, 0.29) is 42.8 Å². The molecule has 1 fully saturated rings. The van der Waals surface area contributed by atoms with Crippen molar-refractivity contribution >= 4 is 17.7 Å². The van der Waals surface area contributed by atoms with E-state index in [0.717, 1.165) is 43.5 Å². The van der Waals surface area contributed by atoms with Crippen LogP contribution in [0.25, 0.3) is 0 Å². The molecule has 3 amide bonds. The quantitative estimate of drug-likeness (QED) is 0.628. The average Bonchev–Trinajstić information content (AvgIpc) is 3.41. The first-order valence-corrected chi connectivity index (χ1v) is 12.6. The van der Waals surface area contributed by atoms with Gasteiger partial charge in [-0.05, 0) is 42.9 Å². The van der Waals surface area contributed by atoms with Crippen molar-refractivity contribution in [3.8, 4) is 5.75 Å². The van der Waals surface area contributed by atoms with Crippen molar-refractivity contribution in [1.82, 2.24) is 15.1 Å². The van der Waals surface area contributed by atoms with E-state index in [0.29, 0.717) is 18.7 Å². The Hall–Kier alpha value is -3.35. The van der Waals surface area contributed by atoms with Gasteiger partial charge in [0.1, 0.15) is 5.75 Å². The lowest BCUT2D eigenvalue weighted by Crippen LogP contribution is -2.41. The smallest absolute Gasteiger partial charge is 0.260 e. The minimum Gasteiger partial charge on any atom is -0.483 e. The third-order valence-corrected chi connectivity index (χ3v) is 7.04. The van der Waals surface area contributed by atoms with Crippen LogP contribution in [0, 0.1) is 0 Å². The van der Waals surface area contributed by atoms with Crippen LogP contribution in [-0.4, -0.2) is 53.8 Å². The Morgan fingerprint density at radius 1 is 1.03 bits per heavy atom. The highest BCUT2D eigenvalue weighted by molar-refractivity contribution is 5.80. The summed E-state index contributed by atoms with van der Waals surface area (Å²) in [5.74, 6) is 0.466. The Bertz CT molecular complexity index is 1060. The van der Waals surface area contributed by atoms with Gasteiger partial charge in [-0.1, -0.05) is 49.4 Å². The summed E-state index contributed by atoms with van der Waals surface area (Å²) in [4.78, 5) is 41.6. The van der Waals surface area contributed by atoms with Crippen molar-refractivity contribution in [2.45, 2.75) is 58.0 Å². The molecule has 2 atom stereocenters. The Labute approximate surface area is 207 Å². The zero-order valence-corrected chi connectivity index (χ0v) is 20.7. The van der Waals surface area contributed by atoms with Crippen molar-refractivity contribution in [1.29, 1.82) is 0 Å². The van der Waals surface area contributed by atoms with Gasteiger partial charge in [-0.25, -0.2) is 0 Å². The van der Waals surface area contributed by atoms with Crippen LogP contribution < -0.4 is 10.1 Å². The normalized spacial score (nSPS) is 18.1. The number of carbonyl (C=O) groups is 3. The summed E-state index contributed by atoms with van der Waals surface area (Å²) < 4.78 is 5.93. The molecule has 0 radical (unpaired) electrons. The molecule has 1 N–H and O–H groups in total. The van der Waals surface area contributed by atoms with Crippen LogP contribution in [0.15, 0.2) is 48.5 Å². The second kappa shape index (κ2) is 11.4. The maximum atomic E-state index is 13.2. The number of nitrogens with zero attached hydrogens (tertiary/aromatic N) is 2. The van der Waals surface area contributed by atoms with E-state index in [4.69, 9.17) is 4.74 Å². The SMILES string of the molecule is CCC(NC(=O)CC1c2ccccc2CCN1C(C)=O)c1ccccc1OCC(=O)N1CCCC1. The highest BCUT2D eigenvalue weighted by atomic mass is 16.5. The molecule has 0 bridgehead atoms. The molecule has 2 aliphatic heterocycles. The van der Waals surface area contributed by atoms with E-state index >= 15 is 0 Å². The number of amides is 3. The van der Waals surface area contributed by atoms with Crippen molar-refractivity contribution in [2.24, 2.45) is 0 Å². The summed E-state index contributed by atoms with van der Waals surface area (Å²) in [5.41, 5.74) is 3.09. The second-order valence-electron chi connectivity index (χ2n) is 9.32. The zero-order chi connectivity index (χ0) is 24.8. The number of para-hydroxylation sites is 1. The number of likely N-dealkylation sites (tertiary alicyclic amines) is 1. The first kappa shape index (κ1) is 24.8. The monoisotopic (exact) mass is 477 g/mol. The Balaban J connectivity index is 1.45. The fraction of sp³-hybridized carbons (Fsp3) is 0.464. The van der Waals surface area contributed by atoms with Crippen LogP contribution >= 0.6 is 0 Å². The van der Waals surface area contributed by atoms with Crippen molar-refractivity contribution < 1.29 is 19.1 Å². The molecule has 0 aliphatic carbocycles. The molecule has 7 nitrogen and oxygen atoms in total. The third-order valence-electron chi connectivity index (χ3n) is 7.04.